The number of hydrogen-bond acceptors (Lipinski definition) is 3. The van der Waals surface area contributed by atoms with E-state index < -0.39 is 29.6 Å². The molecule has 7 heteroatoms. The van der Waals surface area contributed by atoms with E-state index in [9.17, 15) is 22.8 Å². The summed E-state index contributed by atoms with van der Waals surface area (Å²) in [7, 11) is 0. The zero-order chi connectivity index (χ0) is 23.5. The van der Waals surface area contributed by atoms with Crippen molar-refractivity contribution in [2.24, 2.45) is 5.41 Å². The Labute approximate surface area is 189 Å². The summed E-state index contributed by atoms with van der Waals surface area (Å²) in [6, 6.07) is 17.4. The maximum absolute atomic E-state index is 14.2. The summed E-state index contributed by atoms with van der Waals surface area (Å²) in [5, 5.41) is 0. The van der Waals surface area contributed by atoms with Crippen molar-refractivity contribution in [1.82, 2.24) is 4.90 Å². The van der Waals surface area contributed by atoms with Crippen LogP contribution in [0.4, 0.5) is 18.0 Å². The number of carbonyl (C=O) groups is 2. The van der Waals surface area contributed by atoms with Gasteiger partial charge in [-0.25, -0.2) is 9.69 Å². The van der Waals surface area contributed by atoms with E-state index in [-0.39, 0.29) is 13.0 Å². The predicted octanol–water partition coefficient (Wildman–Crippen LogP) is 5.72. The molecular formula is C26H22F3NO3. The van der Waals surface area contributed by atoms with Crippen LogP contribution in [0.15, 0.2) is 91.0 Å². The standard InChI is InChI=1S/C26H22F3NO3/c27-26(28,29)25(14-7-12-21(17-25)20-10-5-2-6-11-20)15-13-23(31)30-22(18-33-24(30)32)16-19-8-3-1-4-9-19/h1-15,22H,16-18H2/b15-13+. The molecule has 1 saturated heterocycles. The molecule has 1 fully saturated rings. The summed E-state index contributed by atoms with van der Waals surface area (Å²) in [5.74, 6) is -0.828. The van der Waals surface area contributed by atoms with Gasteiger partial charge in [0.15, 0.2) is 0 Å². The van der Waals surface area contributed by atoms with E-state index in [1.165, 1.54) is 6.08 Å². The van der Waals surface area contributed by atoms with E-state index in [0.717, 1.165) is 28.7 Å². The fraction of sp³-hybridized carbons (Fsp3) is 0.231. The number of halogens is 3. The third kappa shape index (κ3) is 4.77. The Bertz CT molecular complexity index is 1110. The second-order valence-electron chi connectivity index (χ2n) is 8.09. The van der Waals surface area contributed by atoms with E-state index in [4.69, 9.17) is 4.74 Å². The molecule has 2 amide bonds. The van der Waals surface area contributed by atoms with E-state index >= 15 is 0 Å². The second-order valence-corrected chi connectivity index (χ2v) is 8.09. The van der Waals surface area contributed by atoms with E-state index in [0.29, 0.717) is 17.6 Å². The van der Waals surface area contributed by atoms with Crippen LogP contribution in [0.2, 0.25) is 0 Å². The first-order valence-corrected chi connectivity index (χ1v) is 10.5. The highest BCUT2D eigenvalue weighted by atomic mass is 19.4. The predicted molar refractivity (Wildman–Crippen MR) is 118 cm³/mol. The minimum Gasteiger partial charge on any atom is -0.447 e. The maximum Gasteiger partial charge on any atom is 0.417 e. The average molecular weight is 453 g/mol. The molecule has 0 radical (unpaired) electrons. The first-order valence-electron chi connectivity index (χ1n) is 10.5. The molecule has 0 aromatic heterocycles. The zero-order valence-electron chi connectivity index (χ0n) is 17.7. The fourth-order valence-electron chi connectivity index (χ4n) is 4.09. The van der Waals surface area contributed by atoms with E-state index in [1.807, 2.05) is 30.3 Å². The van der Waals surface area contributed by atoms with Gasteiger partial charge >= 0.3 is 12.3 Å². The first-order chi connectivity index (χ1) is 15.8. The van der Waals surface area contributed by atoms with Gasteiger partial charge in [0.05, 0.1) is 6.04 Å². The van der Waals surface area contributed by atoms with Crippen molar-refractivity contribution in [3.8, 4) is 0 Å². The Morgan fingerprint density at radius 2 is 1.76 bits per heavy atom. The van der Waals surface area contributed by atoms with Crippen LogP contribution < -0.4 is 0 Å². The summed E-state index contributed by atoms with van der Waals surface area (Å²) in [4.78, 5) is 25.9. The third-order valence-corrected chi connectivity index (χ3v) is 5.88. The molecule has 2 aliphatic rings. The van der Waals surface area contributed by atoms with Crippen molar-refractivity contribution in [2.45, 2.75) is 25.1 Å². The number of rotatable bonds is 5. The molecule has 4 nitrogen and oxygen atoms in total. The number of benzene rings is 2. The van der Waals surface area contributed by atoms with Crippen molar-refractivity contribution < 1.29 is 27.5 Å². The molecular weight excluding hydrogens is 431 g/mol. The highest BCUT2D eigenvalue weighted by Gasteiger charge is 2.52. The fourth-order valence-corrected chi connectivity index (χ4v) is 4.09. The molecule has 2 aromatic rings. The van der Waals surface area contributed by atoms with Gasteiger partial charge in [-0.15, -0.1) is 0 Å². The Morgan fingerprint density at radius 1 is 1.09 bits per heavy atom. The number of alkyl halides is 3. The van der Waals surface area contributed by atoms with Crippen molar-refractivity contribution >= 4 is 17.6 Å². The van der Waals surface area contributed by atoms with Crippen LogP contribution >= 0.6 is 0 Å². The number of ether oxygens (including phenoxy) is 1. The monoisotopic (exact) mass is 453 g/mol. The quantitative estimate of drug-likeness (QED) is 0.544. The van der Waals surface area contributed by atoms with Crippen LogP contribution in [0.5, 0.6) is 0 Å². The van der Waals surface area contributed by atoms with Crippen LogP contribution in [0, 0.1) is 5.41 Å². The summed E-state index contributed by atoms with van der Waals surface area (Å²) in [5.41, 5.74) is -0.278. The molecule has 2 aromatic carbocycles. The number of hydrogen-bond donors (Lipinski definition) is 0. The molecule has 2 atom stereocenters. The Balaban J connectivity index is 1.57. The third-order valence-electron chi connectivity index (χ3n) is 5.88. The summed E-state index contributed by atoms with van der Waals surface area (Å²) in [6.07, 6.45) is 0.269. The van der Waals surface area contributed by atoms with Gasteiger partial charge in [0.1, 0.15) is 12.0 Å². The van der Waals surface area contributed by atoms with Gasteiger partial charge in [0.2, 0.25) is 0 Å². The van der Waals surface area contributed by atoms with Crippen molar-refractivity contribution in [3.63, 3.8) is 0 Å². The maximum atomic E-state index is 14.2. The second kappa shape index (κ2) is 9.10. The first kappa shape index (κ1) is 22.6. The lowest BCUT2D eigenvalue weighted by Crippen LogP contribution is -2.40. The molecule has 170 valence electrons. The van der Waals surface area contributed by atoms with Crippen LogP contribution in [0.25, 0.3) is 5.57 Å². The van der Waals surface area contributed by atoms with Gasteiger partial charge in [0, 0.05) is 6.08 Å². The molecule has 1 aliphatic heterocycles. The van der Waals surface area contributed by atoms with Crippen molar-refractivity contribution in [2.75, 3.05) is 6.61 Å². The lowest BCUT2D eigenvalue weighted by Gasteiger charge is -2.33. The number of cyclic esters (lactones) is 1. The number of allylic oxidation sites excluding steroid dienone is 5. The molecule has 1 aliphatic carbocycles. The normalized spacial score (nSPS) is 23.0. The number of imide groups is 1. The van der Waals surface area contributed by atoms with Crippen molar-refractivity contribution in [3.05, 3.63) is 102 Å². The summed E-state index contributed by atoms with van der Waals surface area (Å²) < 4.78 is 47.6. The van der Waals surface area contributed by atoms with Gasteiger partial charge in [-0.05, 0) is 29.5 Å². The molecule has 2 unspecified atom stereocenters. The summed E-state index contributed by atoms with van der Waals surface area (Å²) in [6.45, 7) is -0.00147. The zero-order valence-corrected chi connectivity index (χ0v) is 17.7. The SMILES string of the molecule is O=C(/C=C/C1(C(F)(F)F)C=CC=C(c2ccccc2)C1)N1C(=O)OCC1Cc1ccccc1. The van der Waals surface area contributed by atoms with E-state index in [2.05, 4.69) is 0 Å². The highest BCUT2D eigenvalue weighted by Crippen LogP contribution is 2.49. The molecule has 1 heterocycles. The van der Waals surface area contributed by atoms with Gasteiger partial charge in [-0.2, -0.15) is 13.2 Å². The van der Waals surface area contributed by atoms with Crippen LogP contribution in [-0.4, -0.2) is 35.7 Å². The minimum atomic E-state index is -4.64. The average Bonchev–Trinajstić information content (AvgIpc) is 3.18. The van der Waals surface area contributed by atoms with Crippen molar-refractivity contribution in [1.29, 1.82) is 0 Å². The van der Waals surface area contributed by atoms with Gasteiger partial charge in [-0.3, -0.25) is 4.79 Å². The van der Waals surface area contributed by atoms with Crippen LogP contribution in [-0.2, 0) is 16.0 Å². The van der Waals surface area contributed by atoms with E-state index in [1.54, 1.807) is 36.4 Å². The smallest absolute Gasteiger partial charge is 0.417 e. The molecule has 0 bridgehead atoms. The van der Waals surface area contributed by atoms with Gasteiger partial charge in [-0.1, -0.05) is 85.0 Å². The minimum absolute atomic E-state index is 0.00147. The molecule has 0 N–H and O–H groups in total. The molecule has 0 saturated carbocycles. The molecule has 0 spiro atoms. The van der Waals surface area contributed by atoms with Crippen LogP contribution in [0.3, 0.4) is 0 Å². The Morgan fingerprint density at radius 3 is 2.42 bits per heavy atom. The van der Waals surface area contributed by atoms with Crippen LogP contribution in [0.1, 0.15) is 17.5 Å². The number of nitrogens with zero attached hydrogens (tertiary/aromatic N) is 1. The Kier molecular flexibility index (Phi) is 6.22. The lowest BCUT2D eigenvalue weighted by molar-refractivity contribution is -0.187. The lowest BCUT2D eigenvalue weighted by atomic mass is 9.75. The summed E-state index contributed by atoms with van der Waals surface area (Å²) >= 11 is 0. The molecule has 4 rings (SSSR count). The number of amides is 2. The van der Waals surface area contributed by atoms with Gasteiger partial charge < -0.3 is 4.74 Å². The Hall–Kier alpha value is -3.61. The highest BCUT2D eigenvalue weighted by molar-refractivity contribution is 6.00. The number of carbonyl (C=O) groups excluding carboxylic acids is 2. The largest absolute Gasteiger partial charge is 0.447 e. The van der Waals surface area contributed by atoms with Gasteiger partial charge in [0.25, 0.3) is 5.91 Å². The topological polar surface area (TPSA) is 46.6 Å². The molecule has 33 heavy (non-hydrogen) atoms.